The number of nitrogens with zero attached hydrogens (tertiary/aromatic N) is 1. The third kappa shape index (κ3) is 3.26. The van der Waals surface area contributed by atoms with Crippen LogP contribution in [-0.2, 0) is 6.54 Å². The van der Waals surface area contributed by atoms with Gasteiger partial charge < -0.3 is 10.2 Å². The van der Waals surface area contributed by atoms with E-state index in [1.165, 1.54) is 49.9 Å². The van der Waals surface area contributed by atoms with Crippen molar-refractivity contribution in [2.75, 3.05) is 18.5 Å². The summed E-state index contributed by atoms with van der Waals surface area (Å²) in [5, 5.41) is 3.20. The molecule has 100 valence electrons. The Kier molecular flexibility index (Phi) is 5.06. The average molecular weight is 246 g/mol. The van der Waals surface area contributed by atoms with E-state index in [-0.39, 0.29) is 0 Å². The van der Waals surface area contributed by atoms with Crippen molar-refractivity contribution in [3.63, 3.8) is 0 Å². The van der Waals surface area contributed by atoms with Gasteiger partial charge in [-0.2, -0.15) is 0 Å². The summed E-state index contributed by atoms with van der Waals surface area (Å²) in [6.07, 6.45) is 6.75. The fraction of sp³-hybridized carbons (Fsp3) is 0.625. The van der Waals surface area contributed by atoms with Gasteiger partial charge in [0.05, 0.1) is 0 Å². The van der Waals surface area contributed by atoms with Gasteiger partial charge in [-0.15, -0.1) is 0 Å². The minimum atomic E-state index is 0.739. The fourth-order valence-corrected chi connectivity index (χ4v) is 2.95. The summed E-state index contributed by atoms with van der Waals surface area (Å²) in [6.45, 7) is 4.50. The van der Waals surface area contributed by atoms with Crippen LogP contribution in [0.25, 0.3) is 0 Å². The van der Waals surface area contributed by atoms with E-state index in [0.29, 0.717) is 0 Å². The molecule has 2 rings (SSSR count). The molecule has 0 aromatic heterocycles. The lowest BCUT2D eigenvalue weighted by molar-refractivity contribution is 0.556. The molecule has 1 aromatic rings. The maximum Gasteiger partial charge on any atom is 0.0368 e. The zero-order valence-corrected chi connectivity index (χ0v) is 11.8. The zero-order valence-electron chi connectivity index (χ0n) is 11.8. The third-order valence-electron chi connectivity index (χ3n) is 4.00. The predicted octanol–water partition coefficient (Wildman–Crippen LogP) is 3.57. The molecule has 1 aliphatic heterocycles. The molecule has 2 heteroatoms. The largest absolute Gasteiger partial charge is 0.369 e. The van der Waals surface area contributed by atoms with E-state index in [1.54, 1.807) is 0 Å². The van der Waals surface area contributed by atoms with Crippen molar-refractivity contribution in [3.05, 3.63) is 29.8 Å². The molecule has 18 heavy (non-hydrogen) atoms. The van der Waals surface area contributed by atoms with Gasteiger partial charge in [0.15, 0.2) is 0 Å². The quantitative estimate of drug-likeness (QED) is 0.874. The molecule has 1 N–H and O–H groups in total. The maximum atomic E-state index is 3.20. The normalized spacial score (nSPS) is 20.8. The van der Waals surface area contributed by atoms with Crippen LogP contribution in [0, 0.1) is 0 Å². The van der Waals surface area contributed by atoms with Crippen LogP contribution < -0.4 is 10.2 Å². The summed E-state index contributed by atoms with van der Waals surface area (Å²) in [5.74, 6) is 0. The summed E-state index contributed by atoms with van der Waals surface area (Å²) in [4.78, 5) is 2.62. The molecule has 0 amide bonds. The molecule has 1 unspecified atom stereocenters. The van der Waals surface area contributed by atoms with E-state index in [1.807, 2.05) is 7.05 Å². The molecule has 0 radical (unpaired) electrons. The van der Waals surface area contributed by atoms with Crippen LogP contribution in [0.4, 0.5) is 5.69 Å². The van der Waals surface area contributed by atoms with E-state index in [0.717, 1.165) is 12.6 Å². The van der Waals surface area contributed by atoms with E-state index in [9.17, 15) is 0 Å². The highest BCUT2D eigenvalue weighted by molar-refractivity contribution is 5.48. The average Bonchev–Trinajstić information content (AvgIpc) is 2.65. The molecule has 0 aliphatic carbocycles. The summed E-state index contributed by atoms with van der Waals surface area (Å²) < 4.78 is 0. The van der Waals surface area contributed by atoms with Crippen molar-refractivity contribution in [2.45, 2.75) is 51.6 Å². The van der Waals surface area contributed by atoms with E-state index in [4.69, 9.17) is 0 Å². The Balaban J connectivity index is 2.11. The summed E-state index contributed by atoms with van der Waals surface area (Å²) >= 11 is 0. The van der Waals surface area contributed by atoms with Gasteiger partial charge >= 0.3 is 0 Å². The van der Waals surface area contributed by atoms with Crippen LogP contribution in [0.1, 0.15) is 44.6 Å². The van der Waals surface area contributed by atoms with Crippen LogP contribution in [0.5, 0.6) is 0 Å². The first kappa shape index (κ1) is 13.4. The lowest BCUT2D eigenvalue weighted by atomic mass is 10.1. The van der Waals surface area contributed by atoms with E-state index < -0.39 is 0 Å². The smallest absolute Gasteiger partial charge is 0.0368 e. The van der Waals surface area contributed by atoms with Crippen molar-refractivity contribution in [1.82, 2.24) is 5.32 Å². The lowest BCUT2D eigenvalue weighted by Gasteiger charge is -2.31. The maximum absolute atomic E-state index is 3.20. The Morgan fingerprint density at radius 1 is 1.17 bits per heavy atom. The number of hydrogen-bond donors (Lipinski definition) is 1. The van der Waals surface area contributed by atoms with E-state index >= 15 is 0 Å². The summed E-state index contributed by atoms with van der Waals surface area (Å²) in [5.41, 5.74) is 2.77. The number of nitrogens with one attached hydrogen (secondary N) is 1. The van der Waals surface area contributed by atoms with Gasteiger partial charge in [-0.1, -0.05) is 31.9 Å². The van der Waals surface area contributed by atoms with Gasteiger partial charge in [-0.3, -0.25) is 0 Å². The second-order valence-corrected chi connectivity index (χ2v) is 5.30. The first-order valence-electron chi connectivity index (χ1n) is 7.35. The van der Waals surface area contributed by atoms with Crippen LogP contribution in [0.3, 0.4) is 0 Å². The minimum Gasteiger partial charge on any atom is -0.369 e. The Bertz CT molecular complexity index is 345. The molecule has 1 saturated heterocycles. The highest BCUT2D eigenvalue weighted by atomic mass is 15.2. The zero-order chi connectivity index (χ0) is 12.8. The number of hydrogen-bond acceptors (Lipinski definition) is 2. The van der Waals surface area contributed by atoms with Gasteiger partial charge in [0, 0.05) is 24.8 Å². The Morgan fingerprint density at radius 3 is 2.61 bits per heavy atom. The summed E-state index contributed by atoms with van der Waals surface area (Å²) in [6, 6.07) is 9.83. The Morgan fingerprint density at radius 2 is 1.94 bits per heavy atom. The van der Waals surface area contributed by atoms with E-state index in [2.05, 4.69) is 41.4 Å². The molecule has 1 aliphatic rings. The molecular formula is C16H26N2. The van der Waals surface area contributed by atoms with Crippen molar-refractivity contribution in [2.24, 2.45) is 0 Å². The predicted molar refractivity (Wildman–Crippen MR) is 79.1 cm³/mol. The van der Waals surface area contributed by atoms with Crippen LogP contribution in [0.15, 0.2) is 24.3 Å². The highest BCUT2D eigenvalue weighted by Crippen LogP contribution is 2.26. The number of rotatable bonds is 4. The molecule has 1 heterocycles. The third-order valence-corrected chi connectivity index (χ3v) is 4.00. The fourth-order valence-electron chi connectivity index (χ4n) is 2.95. The van der Waals surface area contributed by atoms with Crippen molar-refractivity contribution in [3.8, 4) is 0 Å². The number of benzene rings is 1. The number of anilines is 1. The topological polar surface area (TPSA) is 15.3 Å². The molecule has 0 spiro atoms. The van der Waals surface area contributed by atoms with Crippen molar-refractivity contribution < 1.29 is 0 Å². The Hall–Kier alpha value is -1.02. The molecule has 0 saturated carbocycles. The molecule has 2 nitrogen and oxygen atoms in total. The second-order valence-electron chi connectivity index (χ2n) is 5.30. The molecule has 0 bridgehead atoms. The first-order chi connectivity index (χ1) is 8.85. The lowest BCUT2D eigenvalue weighted by Crippen LogP contribution is -2.34. The first-order valence-corrected chi connectivity index (χ1v) is 7.35. The van der Waals surface area contributed by atoms with Gasteiger partial charge in [0.1, 0.15) is 0 Å². The van der Waals surface area contributed by atoms with Crippen molar-refractivity contribution >= 4 is 5.69 Å². The molecule has 1 atom stereocenters. The van der Waals surface area contributed by atoms with Gasteiger partial charge in [0.25, 0.3) is 0 Å². The van der Waals surface area contributed by atoms with Gasteiger partial charge in [-0.05, 0) is 44.0 Å². The SMILES string of the molecule is CCC1CCCCCN1c1ccc(CNC)cc1. The summed E-state index contributed by atoms with van der Waals surface area (Å²) in [7, 11) is 2.00. The standard InChI is InChI=1S/C16H26N2/c1-3-15-7-5-4-6-12-18(15)16-10-8-14(9-11-16)13-17-2/h8-11,15,17H,3-7,12-13H2,1-2H3. The second kappa shape index (κ2) is 6.79. The van der Waals surface area contributed by atoms with Crippen LogP contribution in [0.2, 0.25) is 0 Å². The van der Waals surface area contributed by atoms with Gasteiger partial charge in [0.2, 0.25) is 0 Å². The van der Waals surface area contributed by atoms with Crippen molar-refractivity contribution in [1.29, 1.82) is 0 Å². The molecular weight excluding hydrogens is 220 g/mol. The van der Waals surface area contributed by atoms with Gasteiger partial charge in [-0.25, -0.2) is 0 Å². The van der Waals surface area contributed by atoms with Crippen LogP contribution >= 0.6 is 0 Å². The van der Waals surface area contributed by atoms with Crippen LogP contribution in [-0.4, -0.2) is 19.6 Å². The monoisotopic (exact) mass is 246 g/mol. The molecule has 1 fully saturated rings. The minimum absolute atomic E-state index is 0.739. The molecule has 1 aromatic carbocycles. The highest BCUT2D eigenvalue weighted by Gasteiger charge is 2.19. The Labute approximate surface area is 111 Å².